The summed E-state index contributed by atoms with van der Waals surface area (Å²) >= 11 is 0. The van der Waals surface area contributed by atoms with Gasteiger partial charge in [0.05, 0.1) is 4.90 Å². The number of fused-ring (bicyclic) bond motifs is 1. The first-order chi connectivity index (χ1) is 11.5. The molecule has 0 bridgehead atoms. The molecule has 1 aliphatic carbocycles. The molecule has 5 nitrogen and oxygen atoms in total. The Morgan fingerprint density at radius 1 is 1.12 bits per heavy atom. The first-order valence-electron chi connectivity index (χ1n) is 8.90. The lowest BCUT2D eigenvalue weighted by Crippen LogP contribution is -2.44. The van der Waals surface area contributed by atoms with Gasteiger partial charge in [-0.1, -0.05) is 26.2 Å². The predicted molar refractivity (Wildman–Crippen MR) is 93.3 cm³/mol. The van der Waals surface area contributed by atoms with Crippen molar-refractivity contribution < 1.29 is 13.2 Å². The zero-order chi connectivity index (χ0) is 17.2. The number of carbonyl (C=O) groups excluding carboxylic acids is 1. The van der Waals surface area contributed by atoms with Gasteiger partial charge in [-0.25, -0.2) is 13.1 Å². The molecule has 0 aromatic heterocycles. The molecular weight excluding hydrogens is 324 g/mol. The number of rotatable bonds is 4. The zero-order valence-electron chi connectivity index (χ0n) is 14.2. The molecule has 1 N–H and O–H groups in total. The molecule has 1 aromatic rings. The molecule has 1 aliphatic heterocycles. The van der Waals surface area contributed by atoms with Crippen molar-refractivity contribution in [2.75, 3.05) is 19.6 Å². The van der Waals surface area contributed by atoms with Crippen molar-refractivity contribution in [1.29, 1.82) is 0 Å². The highest BCUT2D eigenvalue weighted by Gasteiger charge is 2.33. The van der Waals surface area contributed by atoms with Crippen LogP contribution in [0.25, 0.3) is 0 Å². The second-order valence-corrected chi connectivity index (χ2v) is 8.64. The van der Waals surface area contributed by atoms with Gasteiger partial charge in [-0.3, -0.25) is 4.79 Å². The molecule has 1 saturated heterocycles. The molecule has 0 spiro atoms. The minimum atomic E-state index is -3.47. The van der Waals surface area contributed by atoms with E-state index in [-0.39, 0.29) is 10.8 Å². The van der Waals surface area contributed by atoms with Gasteiger partial charge >= 0.3 is 0 Å². The molecule has 0 unspecified atom stereocenters. The van der Waals surface area contributed by atoms with Crippen molar-refractivity contribution in [1.82, 2.24) is 9.62 Å². The van der Waals surface area contributed by atoms with Crippen molar-refractivity contribution in [3.8, 4) is 0 Å². The van der Waals surface area contributed by atoms with E-state index >= 15 is 0 Å². The quantitative estimate of drug-likeness (QED) is 0.908. The van der Waals surface area contributed by atoms with Crippen LogP contribution in [0.3, 0.4) is 0 Å². The van der Waals surface area contributed by atoms with E-state index in [2.05, 4.69) is 4.72 Å². The highest BCUT2D eigenvalue weighted by Crippen LogP contribution is 2.36. The second kappa shape index (κ2) is 7.23. The maximum Gasteiger partial charge on any atom is 0.253 e. The first kappa shape index (κ1) is 17.4. The van der Waals surface area contributed by atoms with Crippen LogP contribution in [0.2, 0.25) is 0 Å². The summed E-state index contributed by atoms with van der Waals surface area (Å²) in [5.41, 5.74) is 0.569. The molecule has 1 amide bonds. The van der Waals surface area contributed by atoms with Gasteiger partial charge in [-0.2, -0.15) is 0 Å². The lowest BCUT2D eigenvalue weighted by Gasteiger charge is -2.41. The van der Waals surface area contributed by atoms with Crippen LogP contribution in [0.1, 0.15) is 49.4 Å². The first-order valence-corrected chi connectivity index (χ1v) is 10.4. The molecule has 132 valence electrons. The van der Waals surface area contributed by atoms with Gasteiger partial charge < -0.3 is 4.90 Å². The summed E-state index contributed by atoms with van der Waals surface area (Å²) in [6, 6.07) is 6.27. The van der Waals surface area contributed by atoms with Crippen LogP contribution in [0, 0.1) is 11.8 Å². The van der Waals surface area contributed by atoms with Gasteiger partial charge in [0.2, 0.25) is 10.0 Å². The summed E-state index contributed by atoms with van der Waals surface area (Å²) in [7, 11) is -3.47. The van der Waals surface area contributed by atoms with Crippen LogP contribution in [-0.2, 0) is 10.0 Å². The van der Waals surface area contributed by atoms with Gasteiger partial charge in [0.15, 0.2) is 0 Å². The Labute approximate surface area is 144 Å². The lowest BCUT2D eigenvalue weighted by molar-refractivity contribution is 0.0521. The van der Waals surface area contributed by atoms with E-state index in [1.54, 1.807) is 19.1 Å². The number of amides is 1. The largest absolute Gasteiger partial charge is 0.338 e. The SMILES string of the molecule is CCNS(=O)(=O)c1ccc(C(=O)N2CC[C@H]3CCCC[C@H]3C2)cc1. The van der Waals surface area contributed by atoms with E-state index in [1.807, 2.05) is 4.90 Å². The Hall–Kier alpha value is -1.40. The van der Waals surface area contributed by atoms with E-state index in [0.29, 0.717) is 18.0 Å². The van der Waals surface area contributed by atoms with Crippen molar-refractivity contribution >= 4 is 15.9 Å². The molecule has 2 aliphatic rings. The molecule has 1 aromatic carbocycles. The normalized spacial score (nSPS) is 24.5. The van der Waals surface area contributed by atoms with Gasteiger partial charge in [0.25, 0.3) is 5.91 Å². The molecule has 1 saturated carbocycles. The Kier molecular flexibility index (Phi) is 5.25. The van der Waals surface area contributed by atoms with Crippen LogP contribution in [0.4, 0.5) is 0 Å². The molecule has 0 radical (unpaired) electrons. The number of hydrogen-bond donors (Lipinski definition) is 1. The third-order valence-electron chi connectivity index (χ3n) is 5.32. The Bertz CT molecular complexity index is 685. The average molecular weight is 350 g/mol. The average Bonchev–Trinajstić information content (AvgIpc) is 2.61. The van der Waals surface area contributed by atoms with E-state index < -0.39 is 10.0 Å². The topological polar surface area (TPSA) is 66.5 Å². The maximum absolute atomic E-state index is 12.7. The Morgan fingerprint density at radius 3 is 2.46 bits per heavy atom. The summed E-state index contributed by atoms with van der Waals surface area (Å²) in [5.74, 6) is 1.45. The fourth-order valence-corrected chi connectivity index (χ4v) is 5.06. The fourth-order valence-electron chi connectivity index (χ4n) is 4.02. The summed E-state index contributed by atoms with van der Waals surface area (Å²) in [6.07, 6.45) is 6.25. The number of sulfonamides is 1. The summed E-state index contributed by atoms with van der Waals surface area (Å²) < 4.78 is 26.4. The minimum absolute atomic E-state index is 0.0198. The predicted octanol–water partition coefficient (Wildman–Crippen LogP) is 2.64. The maximum atomic E-state index is 12.7. The van der Waals surface area contributed by atoms with E-state index in [0.717, 1.165) is 25.4 Å². The number of piperidine rings is 1. The van der Waals surface area contributed by atoms with Gasteiger partial charge in [0.1, 0.15) is 0 Å². The summed E-state index contributed by atoms with van der Waals surface area (Å²) in [5, 5.41) is 0. The van der Waals surface area contributed by atoms with Gasteiger partial charge in [0, 0.05) is 25.2 Å². The lowest BCUT2D eigenvalue weighted by atomic mass is 9.75. The van der Waals surface area contributed by atoms with Crippen LogP contribution < -0.4 is 4.72 Å². The standard InChI is InChI=1S/C18H26N2O3S/c1-2-19-24(22,23)17-9-7-15(8-10-17)18(21)20-12-11-14-5-3-4-6-16(14)13-20/h7-10,14,16,19H,2-6,11-13H2,1H3/t14-,16+/m1/s1. The number of hydrogen-bond acceptors (Lipinski definition) is 3. The summed E-state index contributed by atoms with van der Waals surface area (Å²) in [6.45, 7) is 3.75. The Morgan fingerprint density at radius 2 is 1.79 bits per heavy atom. The zero-order valence-corrected chi connectivity index (χ0v) is 15.0. The van der Waals surface area contributed by atoms with E-state index in [4.69, 9.17) is 0 Å². The van der Waals surface area contributed by atoms with Gasteiger partial charge in [-0.15, -0.1) is 0 Å². The van der Waals surface area contributed by atoms with Crippen LogP contribution in [-0.4, -0.2) is 38.9 Å². The van der Waals surface area contributed by atoms with Crippen LogP contribution in [0.5, 0.6) is 0 Å². The third kappa shape index (κ3) is 3.64. The van der Waals surface area contributed by atoms with Crippen LogP contribution in [0.15, 0.2) is 29.2 Å². The Balaban J connectivity index is 1.69. The molecule has 2 fully saturated rings. The molecule has 1 heterocycles. The van der Waals surface area contributed by atoms with Crippen molar-refractivity contribution in [3.05, 3.63) is 29.8 Å². The molecule has 3 rings (SSSR count). The minimum Gasteiger partial charge on any atom is -0.338 e. The number of carbonyl (C=O) groups is 1. The highest BCUT2D eigenvalue weighted by molar-refractivity contribution is 7.89. The van der Waals surface area contributed by atoms with Crippen molar-refractivity contribution in [2.45, 2.75) is 43.9 Å². The van der Waals surface area contributed by atoms with Gasteiger partial charge in [-0.05, 0) is 48.9 Å². The number of nitrogens with zero attached hydrogens (tertiary/aromatic N) is 1. The monoisotopic (exact) mass is 350 g/mol. The third-order valence-corrected chi connectivity index (χ3v) is 6.89. The van der Waals surface area contributed by atoms with Crippen LogP contribution >= 0.6 is 0 Å². The van der Waals surface area contributed by atoms with Crippen molar-refractivity contribution in [3.63, 3.8) is 0 Å². The molecule has 2 atom stereocenters. The second-order valence-electron chi connectivity index (χ2n) is 6.87. The highest BCUT2D eigenvalue weighted by atomic mass is 32.2. The molecule has 24 heavy (non-hydrogen) atoms. The number of nitrogens with one attached hydrogen (secondary N) is 1. The number of likely N-dealkylation sites (tertiary alicyclic amines) is 1. The van der Waals surface area contributed by atoms with Crippen molar-refractivity contribution in [2.24, 2.45) is 11.8 Å². The van der Waals surface area contributed by atoms with E-state index in [9.17, 15) is 13.2 Å². The summed E-state index contributed by atoms with van der Waals surface area (Å²) in [4.78, 5) is 14.9. The number of benzene rings is 1. The fraction of sp³-hybridized carbons (Fsp3) is 0.611. The molecular formula is C18H26N2O3S. The smallest absolute Gasteiger partial charge is 0.253 e. The molecule has 6 heteroatoms. The van der Waals surface area contributed by atoms with E-state index in [1.165, 1.54) is 37.8 Å².